The molecule has 0 saturated heterocycles. The molecule has 0 radical (unpaired) electrons. The van der Waals surface area contributed by atoms with Gasteiger partial charge >= 0.3 is 0 Å². The number of aryl methyl sites for hydroxylation is 1. The summed E-state index contributed by atoms with van der Waals surface area (Å²) >= 11 is 0. The summed E-state index contributed by atoms with van der Waals surface area (Å²) in [6.45, 7) is 4.16. The lowest BCUT2D eigenvalue weighted by molar-refractivity contribution is 0.340. The molecular weight excluding hydrogens is 305 g/mol. The van der Waals surface area contributed by atoms with E-state index in [2.05, 4.69) is 4.72 Å². The first-order chi connectivity index (χ1) is 10.4. The smallest absolute Gasteiger partial charge is 0.240 e. The van der Waals surface area contributed by atoms with Crippen molar-refractivity contribution in [3.63, 3.8) is 0 Å². The van der Waals surface area contributed by atoms with E-state index in [1.807, 2.05) is 6.92 Å². The first-order valence-electron chi connectivity index (χ1n) is 6.90. The van der Waals surface area contributed by atoms with E-state index in [-0.39, 0.29) is 11.4 Å². The molecule has 0 aliphatic heterocycles. The molecule has 1 N–H and O–H groups in total. The third-order valence-electron chi connectivity index (χ3n) is 3.14. The number of rotatable bonds is 6. The Kier molecular flexibility index (Phi) is 5.15. The highest BCUT2D eigenvalue weighted by Crippen LogP contribution is 2.16. The molecule has 22 heavy (non-hydrogen) atoms. The third-order valence-corrected chi connectivity index (χ3v) is 4.54. The predicted octanol–water partition coefficient (Wildman–Crippen LogP) is 3.01. The molecule has 0 aliphatic rings. The summed E-state index contributed by atoms with van der Waals surface area (Å²) in [5.41, 5.74) is 1.11. The molecule has 2 aromatic rings. The fraction of sp³-hybridized carbons (Fsp3) is 0.250. The number of hydrogen-bond acceptors (Lipinski definition) is 3. The zero-order valence-electron chi connectivity index (χ0n) is 12.5. The van der Waals surface area contributed by atoms with Crippen LogP contribution in [0.15, 0.2) is 47.4 Å². The van der Waals surface area contributed by atoms with Crippen molar-refractivity contribution in [2.45, 2.75) is 25.3 Å². The lowest BCUT2D eigenvalue weighted by Crippen LogP contribution is -2.23. The van der Waals surface area contributed by atoms with Crippen LogP contribution in [0, 0.1) is 12.7 Å². The molecule has 0 amide bonds. The van der Waals surface area contributed by atoms with Crippen LogP contribution in [0.4, 0.5) is 4.39 Å². The quantitative estimate of drug-likeness (QED) is 0.889. The van der Waals surface area contributed by atoms with Crippen LogP contribution in [-0.4, -0.2) is 15.0 Å². The van der Waals surface area contributed by atoms with Crippen molar-refractivity contribution in [1.29, 1.82) is 0 Å². The highest BCUT2D eigenvalue weighted by Gasteiger charge is 2.14. The van der Waals surface area contributed by atoms with E-state index < -0.39 is 15.8 Å². The highest BCUT2D eigenvalue weighted by molar-refractivity contribution is 7.89. The van der Waals surface area contributed by atoms with Crippen molar-refractivity contribution >= 4 is 10.0 Å². The van der Waals surface area contributed by atoms with Gasteiger partial charge in [0, 0.05) is 6.54 Å². The summed E-state index contributed by atoms with van der Waals surface area (Å²) < 4.78 is 45.4. The Morgan fingerprint density at radius 1 is 1.14 bits per heavy atom. The third kappa shape index (κ3) is 4.05. The topological polar surface area (TPSA) is 55.4 Å². The molecule has 4 nitrogen and oxygen atoms in total. The van der Waals surface area contributed by atoms with Crippen LogP contribution >= 0.6 is 0 Å². The molecule has 118 valence electrons. The molecule has 2 rings (SSSR count). The normalized spacial score (nSPS) is 11.4. The summed E-state index contributed by atoms with van der Waals surface area (Å²) in [6.07, 6.45) is 0. The van der Waals surface area contributed by atoms with Gasteiger partial charge in [-0.3, -0.25) is 0 Å². The number of halogens is 1. The van der Waals surface area contributed by atoms with Gasteiger partial charge in [0.25, 0.3) is 0 Å². The molecule has 0 bridgehead atoms. The van der Waals surface area contributed by atoms with E-state index in [0.29, 0.717) is 12.2 Å². The van der Waals surface area contributed by atoms with Gasteiger partial charge in [0.05, 0.1) is 11.5 Å². The van der Waals surface area contributed by atoms with E-state index in [1.165, 1.54) is 19.1 Å². The zero-order valence-corrected chi connectivity index (χ0v) is 13.3. The molecule has 6 heteroatoms. The van der Waals surface area contributed by atoms with Crippen molar-refractivity contribution in [3.05, 3.63) is 59.4 Å². The SMILES string of the molecule is CCOc1ccc(CNS(=O)(=O)c2ccc(F)c(C)c2)cc1. The van der Waals surface area contributed by atoms with Gasteiger partial charge in [0.1, 0.15) is 11.6 Å². The summed E-state index contributed by atoms with van der Waals surface area (Å²) in [5.74, 6) is 0.314. The fourth-order valence-corrected chi connectivity index (χ4v) is 3.02. The maximum atomic E-state index is 13.2. The molecule has 0 heterocycles. The van der Waals surface area contributed by atoms with Crippen molar-refractivity contribution in [1.82, 2.24) is 4.72 Å². The minimum Gasteiger partial charge on any atom is -0.494 e. The Hall–Kier alpha value is -1.92. The first kappa shape index (κ1) is 16.5. The van der Waals surface area contributed by atoms with Crippen LogP contribution in [0.1, 0.15) is 18.1 Å². The second kappa shape index (κ2) is 6.89. The predicted molar refractivity (Wildman–Crippen MR) is 82.8 cm³/mol. The highest BCUT2D eigenvalue weighted by atomic mass is 32.2. The Balaban J connectivity index is 2.07. The molecule has 0 aliphatic carbocycles. The van der Waals surface area contributed by atoms with Crippen molar-refractivity contribution in [3.8, 4) is 5.75 Å². The largest absolute Gasteiger partial charge is 0.494 e. The first-order valence-corrected chi connectivity index (χ1v) is 8.38. The van der Waals surface area contributed by atoms with Gasteiger partial charge in [-0.25, -0.2) is 17.5 Å². The Labute approximate surface area is 130 Å². The molecule has 0 saturated carbocycles. The summed E-state index contributed by atoms with van der Waals surface area (Å²) in [7, 11) is -3.67. The monoisotopic (exact) mass is 323 g/mol. The van der Waals surface area contributed by atoms with Crippen LogP contribution in [0.3, 0.4) is 0 Å². The van der Waals surface area contributed by atoms with Gasteiger partial charge in [-0.05, 0) is 55.3 Å². The zero-order chi connectivity index (χ0) is 16.2. The van der Waals surface area contributed by atoms with Crippen LogP contribution in [0.2, 0.25) is 0 Å². The van der Waals surface area contributed by atoms with Crippen molar-refractivity contribution in [2.75, 3.05) is 6.61 Å². The van der Waals surface area contributed by atoms with Gasteiger partial charge < -0.3 is 4.74 Å². The molecule has 2 aromatic carbocycles. The minimum absolute atomic E-state index is 0.0531. The number of ether oxygens (including phenoxy) is 1. The molecule has 0 atom stereocenters. The van der Waals surface area contributed by atoms with Crippen molar-refractivity contribution in [2.24, 2.45) is 0 Å². The van der Waals surface area contributed by atoms with Crippen LogP contribution in [0.5, 0.6) is 5.75 Å². The molecular formula is C16H18FNO3S. The van der Waals surface area contributed by atoms with Gasteiger partial charge in [0.2, 0.25) is 10.0 Å². The molecule has 0 spiro atoms. The lowest BCUT2D eigenvalue weighted by Gasteiger charge is -2.09. The van der Waals surface area contributed by atoms with Gasteiger partial charge in [0.15, 0.2) is 0 Å². The average molecular weight is 323 g/mol. The molecule has 0 fully saturated rings. The van der Waals surface area contributed by atoms with E-state index in [1.54, 1.807) is 24.3 Å². The van der Waals surface area contributed by atoms with E-state index >= 15 is 0 Å². The van der Waals surface area contributed by atoms with Crippen LogP contribution in [-0.2, 0) is 16.6 Å². The maximum Gasteiger partial charge on any atom is 0.240 e. The van der Waals surface area contributed by atoms with Crippen molar-refractivity contribution < 1.29 is 17.5 Å². The molecule has 0 unspecified atom stereocenters. The Morgan fingerprint density at radius 3 is 2.41 bits per heavy atom. The summed E-state index contributed by atoms with van der Waals surface area (Å²) in [6, 6.07) is 10.9. The standard InChI is InChI=1S/C16H18FNO3S/c1-3-21-14-6-4-13(5-7-14)11-18-22(19,20)15-8-9-16(17)12(2)10-15/h4-10,18H,3,11H2,1-2H3. The lowest BCUT2D eigenvalue weighted by atomic mass is 10.2. The van der Waals surface area contributed by atoms with Crippen LogP contribution in [0.25, 0.3) is 0 Å². The summed E-state index contributed by atoms with van der Waals surface area (Å²) in [4.78, 5) is 0.0531. The number of hydrogen-bond donors (Lipinski definition) is 1. The second-order valence-corrected chi connectivity index (χ2v) is 6.58. The Bertz CT molecular complexity index is 742. The van der Waals surface area contributed by atoms with E-state index in [4.69, 9.17) is 4.74 Å². The number of benzene rings is 2. The van der Waals surface area contributed by atoms with Gasteiger partial charge in [-0.2, -0.15) is 0 Å². The Morgan fingerprint density at radius 2 is 1.82 bits per heavy atom. The maximum absolute atomic E-state index is 13.2. The van der Waals surface area contributed by atoms with E-state index in [9.17, 15) is 12.8 Å². The van der Waals surface area contributed by atoms with Gasteiger partial charge in [-0.15, -0.1) is 0 Å². The molecule has 0 aromatic heterocycles. The number of sulfonamides is 1. The van der Waals surface area contributed by atoms with Crippen LogP contribution < -0.4 is 9.46 Å². The number of nitrogens with one attached hydrogen (secondary N) is 1. The minimum atomic E-state index is -3.67. The summed E-state index contributed by atoms with van der Waals surface area (Å²) in [5, 5.41) is 0. The average Bonchev–Trinajstić information content (AvgIpc) is 2.49. The fourth-order valence-electron chi connectivity index (χ4n) is 1.92. The van der Waals surface area contributed by atoms with Gasteiger partial charge in [-0.1, -0.05) is 12.1 Å². The van der Waals surface area contributed by atoms with E-state index in [0.717, 1.165) is 17.4 Å². The second-order valence-electron chi connectivity index (χ2n) is 4.81.